The number of rotatable bonds is 4. The minimum absolute atomic E-state index is 0.0892. The highest BCUT2D eigenvalue weighted by Crippen LogP contribution is 2.38. The molecule has 1 fully saturated rings. The predicted octanol–water partition coefficient (Wildman–Crippen LogP) is 6.32. The van der Waals surface area contributed by atoms with E-state index in [0.717, 1.165) is 47.7 Å². The van der Waals surface area contributed by atoms with E-state index in [1.54, 1.807) is 12.3 Å². The minimum atomic E-state index is -4.78. The van der Waals surface area contributed by atoms with Crippen molar-refractivity contribution in [2.45, 2.75) is 24.9 Å². The van der Waals surface area contributed by atoms with Crippen molar-refractivity contribution in [2.24, 2.45) is 7.05 Å². The Balaban J connectivity index is 1.37. The van der Waals surface area contributed by atoms with E-state index in [9.17, 15) is 17.6 Å². The summed E-state index contributed by atoms with van der Waals surface area (Å²) in [5.74, 6) is 0.638. The third kappa shape index (κ3) is 4.98. The van der Waals surface area contributed by atoms with Gasteiger partial charge in [0.1, 0.15) is 29.6 Å². The second-order valence-electron chi connectivity index (χ2n) is 9.02. The lowest BCUT2D eigenvalue weighted by atomic mass is 9.95. The molecule has 0 aliphatic carbocycles. The molecule has 37 heavy (non-hydrogen) atoms. The molecule has 0 bridgehead atoms. The smallest absolute Gasteiger partial charge is 0.383 e. The molecule has 0 atom stereocenters. The molecule has 1 aliphatic rings. The molecule has 6 nitrogen and oxygen atoms in total. The molecule has 3 heterocycles. The van der Waals surface area contributed by atoms with E-state index in [4.69, 9.17) is 17.3 Å². The SMILES string of the molecule is Cn1cc(-c2ccc(F)c(C(F)(F)F)c2)nc1C1CCN(c2ncnc(N)c2-c2cccc(Cl)c2)CC1. The zero-order chi connectivity index (χ0) is 26.3. The van der Waals surface area contributed by atoms with E-state index in [-0.39, 0.29) is 11.5 Å². The number of benzene rings is 2. The molecule has 1 aliphatic heterocycles. The number of nitrogen functional groups attached to an aromatic ring is 1. The second kappa shape index (κ2) is 9.66. The summed E-state index contributed by atoms with van der Waals surface area (Å²) < 4.78 is 55.1. The summed E-state index contributed by atoms with van der Waals surface area (Å²) in [6.07, 6.45) is -0.162. The fraction of sp³-hybridized carbons (Fsp3) is 0.269. The maximum absolute atomic E-state index is 13.7. The van der Waals surface area contributed by atoms with Crippen molar-refractivity contribution in [3.8, 4) is 22.4 Å². The van der Waals surface area contributed by atoms with E-state index < -0.39 is 17.6 Å². The van der Waals surface area contributed by atoms with Gasteiger partial charge in [0.25, 0.3) is 0 Å². The molecular formula is C26H23ClF4N6. The molecule has 1 saturated heterocycles. The lowest BCUT2D eigenvalue weighted by Gasteiger charge is -2.33. The zero-order valence-electron chi connectivity index (χ0n) is 19.8. The van der Waals surface area contributed by atoms with E-state index in [2.05, 4.69) is 19.9 Å². The van der Waals surface area contributed by atoms with Gasteiger partial charge in [-0.3, -0.25) is 0 Å². The molecule has 192 valence electrons. The van der Waals surface area contributed by atoms with Gasteiger partial charge in [-0.05, 0) is 48.7 Å². The lowest BCUT2D eigenvalue weighted by Crippen LogP contribution is -2.34. The Labute approximate surface area is 215 Å². The number of hydrogen-bond donors (Lipinski definition) is 1. The maximum Gasteiger partial charge on any atom is 0.419 e. The van der Waals surface area contributed by atoms with E-state index in [1.165, 1.54) is 12.4 Å². The molecule has 4 aromatic rings. The van der Waals surface area contributed by atoms with Crippen LogP contribution in [0.5, 0.6) is 0 Å². The third-order valence-corrected chi connectivity index (χ3v) is 6.84. The fourth-order valence-corrected chi connectivity index (χ4v) is 4.99. The van der Waals surface area contributed by atoms with E-state index >= 15 is 0 Å². The molecule has 0 unspecified atom stereocenters. The van der Waals surface area contributed by atoms with Crippen LogP contribution in [0.15, 0.2) is 55.0 Å². The number of nitrogens with two attached hydrogens (primary N) is 1. The highest BCUT2D eigenvalue weighted by molar-refractivity contribution is 6.30. The molecule has 0 amide bonds. The zero-order valence-corrected chi connectivity index (χ0v) is 20.6. The standard InChI is InChI=1S/C26H23ClF4N6/c1-36-13-21(16-5-6-20(28)19(12-16)26(29,30)31)35-24(36)15-7-9-37(10-8-15)25-22(23(32)33-14-34-25)17-3-2-4-18(27)11-17/h2-6,11-15H,7-10H2,1H3,(H2,32,33,34). The van der Waals surface area contributed by atoms with Gasteiger partial charge in [0, 0.05) is 42.8 Å². The van der Waals surface area contributed by atoms with Crippen molar-refractivity contribution in [3.05, 3.63) is 77.2 Å². The van der Waals surface area contributed by atoms with Crippen LogP contribution in [-0.2, 0) is 13.2 Å². The van der Waals surface area contributed by atoms with E-state index in [1.807, 2.05) is 29.8 Å². The summed E-state index contributed by atoms with van der Waals surface area (Å²) in [5, 5.41) is 0.583. The van der Waals surface area contributed by atoms with E-state index in [0.29, 0.717) is 29.6 Å². The third-order valence-electron chi connectivity index (χ3n) is 6.61. The number of alkyl halides is 3. The van der Waals surface area contributed by atoms with Gasteiger partial charge in [0.2, 0.25) is 0 Å². The monoisotopic (exact) mass is 530 g/mol. The lowest BCUT2D eigenvalue weighted by molar-refractivity contribution is -0.139. The minimum Gasteiger partial charge on any atom is -0.383 e. The highest BCUT2D eigenvalue weighted by Gasteiger charge is 2.34. The van der Waals surface area contributed by atoms with Crippen LogP contribution in [-0.4, -0.2) is 32.6 Å². The van der Waals surface area contributed by atoms with Crippen LogP contribution in [0.4, 0.5) is 29.2 Å². The first-order chi connectivity index (χ1) is 17.6. The van der Waals surface area contributed by atoms with Gasteiger partial charge in [0.15, 0.2) is 0 Å². The van der Waals surface area contributed by atoms with Gasteiger partial charge in [-0.2, -0.15) is 13.2 Å². The van der Waals surface area contributed by atoms with Crippen LogP contribution >= 0.6 is 11.6 Å². The molecule has 5 rings (SSSR count). The summed E-state index contributed by atoms with van der Waals surface area (Å²) >= 11 is 6.19. The van der Waals surface area contributed by atoms with Gasteiger partial charge in [0.05, 0.1) is 16.8 Å². The number of halogens is 5. The molecular weight excluding hydrogens is 508 g/mol. The summed E-state index contributed by atoms with van der Waals surface area (Å²) in [7, 11) is 1.81. The molecule has 0 saturated carbocycles. The summed E-state index contributed by atoms with van der Waals surface area (Å²) in [6.45, 7) is 1.34. The number of aryl methyl sites for hydroxylation is 1. The van der Waals surface area contributed by atoms with Crippen LogP contribution in [0.3, 0.4) is 0 Å². The molecule has 2 aromatic carbocycles. The summed E-state index contributed by atoms with van der Waals surface area (Å²) in [4.78, 5) is 15.5. The van der Waals surface area contributed by atoms with Crippen molar-refractivity contribution in [1.82, 2.24) is 19.5 Å². The average molecular weight is 531 g/mol. The topological polar surface area (TPSA) is 72.9 Å². The Bertz CT molecular complexity index is 1440. The number of anilines is 2. The van der Waals surface area contributed by atoms with Crippen molar-refractivity contribution in [3.63, 3.8) is 0 Å². The van der Waals surface area contributed by atoms with Crippen molar-refractivity contribution in [1.29, 1.82) is 0 Å². The Hall–Kier alpha value is -3.66. The number of aromatic nitrogens is 4. The number of imidazole rings is 1. The van der Waals surface area contributed by atoms with Gasteiger partial charge in [-0.15, -0.1) is 0 Å². The van der Waals surface area contributed by atoms with Gasteiger partial charge in [-0.25, -0.2) is 19.3 Å². The summed E-state index contributed by atoms with van der Waals surface area (Å²) in [6, 6.07) is 10.3. The summed E-state index contributed by atoms with van der Waals surface area (Å²) in [5.41, 5.74) is 7.06. The highest BCUT2D eigenvalue weighted by atomic mass is 35.5. The molecule has 0 spiro atoms. The van der Waals surface area contributed by atoms with Crippen molar-refractivity contribution >= 4 is 23.2 Å². The van der Waals surface area contributed by atoms with Gasteiger partial charge >= 0.3 is 6.18 Å². The van der Waals surface area contributed by atoms with Crippen molar-refractivity contribution < 1.29 is 17.6 Å². The Kier molecular flexibility index (Phi) is 6.53. The number of nitrogens with zero attached hydrogens (tertiary/aromatic N) is 5. The normalized spacial score (nSPS) is 14.8. The Morgan fingerprint density at radius 2 is 1.78 bits per heavy atom. The van der Waals surface area contributed by atoms with Crippen LogP contribution in [0, 0.1) is 5.82 Å². The van der Waals surface area contributed by atoms with Crippen LogP contribution < -0.4 is 10.6 Å². The van der Waals surface area contributed by atoms with Crippen LogP contribution in [0.2, 0.25) is 5.02 Å². The Morgan fingerprint density at radius 3 is 2.49 bits per heavy atom. The van der Waals surface area contributed by atoms with Gasteiger partial charge < -0.3 is 15.2 Å². The first-order valence-corrected chi connectivity index (χ1v) is 12.0. The van der Waals surface area contributed by atoms with Crippen LogP contribution in [0.25, 0.3) is 22.4 Å². The van der Waals surface area contributed by atoms with Crippen molar-refractivity contribution in [2.75, 3.05) is 23.7 Å². The fourth-order valence-electron chi connectivity index (χ4n) is 4.80. The van der Waals surface area contributed by atoms with Gasteiger partial charge in [-0.1, -0.05) is 23.7 Å². The average Bonchev–Trinajstić information content (AvgIpc) is 3.25. The predicted molar refractivity (Wildman–Crippen MR) is 135 cm³/mol. The largest absolute Gasteiger partial charge is 0.419 e. The first-order valence-electron chi connectivity index (χ1n) is 11.6. The number of hydrogen-bond acceptors (Lipinski definition) is 5. The Morgan fingerprint density at radius 1 is 1.03 bits per heavy atom. The molecule has 0 radical (unpaired) electrons. The first kappa shape index (κ1) is 25.0. The second-order valence-corrected chi connectivity index (χ2v) is 9.45. The quantitative estimate of drug-likeness (QED) is 0.312. The number of piperidine rings is 1. The van der Waals surface area contributed by atoms with Crippen LogP contribution in [0.1, 0.15) is 30.1 Å². The molecule has 11 heteroatoms. The molecule has 2 aromatic heterocycles. The maximum atomic E-state index is 13.7. The molecule has 2 N–H and O–H groups in total.